The number of methoxy groups -OCH3 is 2. The fraction of sp³-hybridized carbons (Fsp3) is 0.667. The van der Waals surface area contributed by atoms with Crippen LogP contribution < -0.4 is 0 Å². The van der Waals surface area contributed by atoms with Crippen LogP contribution in [0.3, 0.4) is 0 Å². The fourth-order valence-electron chi connectivity index (χ4n) is 1.54. The second-order valence-corrected chi connectivity index (χ2v) is 4.50. The Morgan fingerprint density at radius 3 is 2.86 bits per heavy atom. The van der Waals surface area contributed by atoms with Crippen molar-refractivity contribution in [1.29, 1.82) is 0 Å². The topological polar surface area (TPSA) is 47.9 Å². The van der Waals surface area contributed by atoms with Crippen LogP contribution in [0.25, 0.3) is 0 Å². The molecule has 0 aromatic rings. The number of carbonyl (C=O) groups is 1. The van der Waals surface area contributed by atoms with E-state index in [1.807, 2.05) is 0 Å². The zero-order valence-corrected chi connectivity index (χ0v) is 9.68. The molecule has 0 aliphatic carbocycles. The van der Waals surface area contributed by atoms with Crippen molar-refractivity contribution in [2.24, 2.45) is 10.9 Å². The first-order chi connectivity index (χ1) is 6.72. The first-order valence-electron chi connectivity index (χ1n) is 4.50. The van der Waals surface area contributed by atoms with Crippen molar-refractivity contribution in [2.75, 3.05) is 20.8 Å². The van der Waals surface area contributed by atoms with Gasteiger partial charge in [0.1, 0.15) is 0 Å². The summed E-state index contributed by atoms with van der Waals surface area (Å²) in [7, 11) is 3.01. The van der Waals surface area contributed by atoms with E-state index < -0.39 is 0 Å². The molecular weight excluding hydrogens is 197 g/mol. The molecule has 0 bridgehead atoms. The summed E-state index contributed by atoms with van der Waals surface area (Å²) >= 11 is -0.0119. The zero-order chi connectivity index (χ0) is 10.6. The van der Waals surface area contributed by atoms with Gasteiger partial charge in [-0.3, -0.25) is 0 Å². The minimum absolute atomic E-state index is 0.0119. The maximum atomic E-state index is 11.4. The molecule has 0 N–H and O–H groups in total. The van der Waals surface area contributed by atoms with Crippen LogP contribution in [0.15, 0.2) is 4.99 Å². The van der Waals surface area contributed by atoms with Gasteiger partial charge in [0.15, 0.2) is 0 Å². The van der Waals surface area contributed by atoms with Crippen molar-refractivity contribution in [1.82, 2.24) is 0 Å². The fourth-order valence-corrected chi connectivity index (χ4v) is 2.52. The molecule has 0 fully saturated rings. The predicted octanol–water partition coefficient (Wildman–Crippen LogP) is 0.149. The first kappa shape index (κ1) is 11.4. The number of nitrogens with zero attached hydrogens (tertiary/aromatic N) is 1. The Morgan fingerprint density at radius 2 is 2.36 bits per heavy atom. The van der Waals surface area contributed by atoms with E-state index in [4.69, 9.17) is 9.47 Å². The molecule has 0 amide bonds. The molecule has 0 radical (unpaired) electrons. The van der Waals surface area contributed by atoms with Gasteiger partial charge in [0, 0.05) is 0 Å². The van der Waals surface area contributed by atoms with Crippen LogP contribution in [-0.4, -0.2) is 52.8 Å². The second kappa shape index (κ2) is 5.28. The molecule has 76 valence electrons. The zero-order valence-electron chi connectivity index (χ0n) is 8.53. The molecule has 2 atom stereocenters. The van der Waals surface area contributed by atoms with Gasteiger partial charge in [-0.05, 0) is 0 Å². The molecule has 2 unspecified atom stereocenters. The van der Waals surface area contributed by atoms with Crippen molar-refractivity contribution in [3.63, 3.8) is 0 Å². The molecule has 5 heteroatoms. The molecule has 1 heterocycles. The van der Waals surface area contributed by atoms with Crippen LogP contribution in [0.5, 0.6) is 0 Å². The Morgan fingerprint density at radius 1 is 1.64 bits per heavy atom. The molecule has 4 nitrogen and oxygen atoms in total. The summed E-state index contributed by atoms with van der Waals surface area (Å²) < 4.78 is 10.1. The van der Waals surface area contributed by atoms with Crippen LogP contribution in [-0.2, 0) is 14.3 Å². The molecule has 14 heavy (non-hydrogen) atoms. The third-order valence-electron chi connectivity index (χ3n) is 2.43. The van der Waals surface area contributed by atoms with Gasteiger partial charge < -0.3 is 0 Å². The summed E-state index contributed by atoms with van der Waals surface area (Å²) in [6.07, 6.45) is 0.717. The standard InChI is InChI=1S/C8H12NO3.CH2.Al/c1-11-7-4-3-6(5-9-7)8(10)12-2;;/h3,6H,4-5H2,1-2H3;1H2;. The van der Waals surface area contributed by atoms with Crippen LogP contribution >= 0.6 is 0 Å². The first-order valence-corrected chi connectivity index (χ1v) is 5.99. The van der Waals surface area contributed by atoms with Gasteiger partial charge in [0.2, 0.25) is 0 Å². The quantitative estimate of drug-likeness (QED) is 0.482. The summed E-state index contributed by atoms with van der Waals surface area (Å²) in [5, 5.41) is 3.91. The normalized spacial score (nSPS) is 26.0. The second-order valence-electron chi connectivity index (χ2n) is 3.17. The van der Waals surface area contributed by atoms with E-state index in [1.54, 1.807) is 7.11 Å². The number of carbonyl (C=O) groups excluding carboxylic acids is 1. The number of esters is 1. The summed E-state index contributed by atoms with van der Waals surface area (Å²) in [4.78, 5) is 15.6. The van der Waals surface area contributed by atoms with E-state index in [2.05, 4.69) is 10.4 Å². The molecule has 0 aromatic heterocycles. The maximum absolute atomic E-state index is 11.4. The van der Waals surface area contributed by atoms with Gasteiger partial charge in [-0.2, -0.15) is 0 Å². The van der Waals surface area contributed by atoms with Crippen molar-refractivity contribution >= 4 is 32.0 Å². The van der Waals surface area contributed by atoms with Crippen LogP contribution in [0, 0.1) is 5.92 Å². The Kier molecular flexibility index (Phi) is 4.31. The average molecular weight is 211 g/mol. The minimum atomic E-state index is -0.176. The van der Waals surface area contributed by atoms with Crippen molar-refractivity contribution < 1.29 is 14.3 Å². The summed E-state index contributed by atoms with van der Waals surface area (Å²) in [6.45, 7) is 0.475. The molecule has 1 rings (SSSR count). The van der Waals surface area contributed by atoms with E-state index in [0.717, 1.165) is 12.3 Å². The monoisotopic (exact) mass is 211 g/mol. The Balaban J connectivity index is 2.74. The molecule has 1 aliphatic rings. The number of hydrogen-bond acceptors (Lipinski definition) is 4. The van der Waals surface area contributed by atoms with Crippen LogP contribution in [0.2, 0.25) is 4.78 Å². The molecule has 0 saturated carbocycles. The van der Waals surface area contributed by atoms with E-state index in [1.165, 1.54) is 7.11 Å². The van der Waals surface area contributed by atoms with Gasteiger partial charge in [0.25, 0.3) is 0 Å². The third-order valence-corrected chi connectivity index (χ3v) is 3.74. The number of ether oxygens (including phenoxy) is 2. The summed E-state index contributed by atoms with van der Waals surface area (Å²) in [5.74, 6) is 0.433. The molecule has 0 spiro atoms. The van der Waals surface area contributed by atoms with E-state index in [-0.39, 0.29) is 31.4 Å². The van der Waals surface area contributed by atoms with Gasteiger partial charge in [-0.25, -0.2) is 0 Å². The van der Waals surface area contributed by atoms with Gasteiger partial charge >= 0.3 is 89.2 Å². The SMILES string of the molecule is [CH2]=[Al][CH]1CC(OC)=NCC1C(=O)OC. The Hall–Kier alpha value is -0.658. The van der Waals surface area contributed by atoms with Crippen LogP contribution in [0.4, 0.5) is 0 Å². The Bertz CT molecular complexity index is 265. The van der Waals surface area contributed by atoms with Crippen molar-refractivity contribution in [3.05, 3.63) is 0 Å². The number of hydrogen-bond donors (Lipinski definition) is 0. The number of rotatable bonds is 2. The Labute approximate surface area is 89.6 Å². The van der Waals surface area contributed by atoms with Gasteiger partial charge in [-0.1, -0.05) is 0 Å². The predicted molar refractivity (Wildman–Crippen MR) is 56.1 cm³/mol. The average Bonchev–Trinajstić information content (AvgIpc) is 2.27. The molecule has 0 aromatic carbocycles. The number of aliphatic imine (C=N–C) groups is 1. The van der Waals surface area contributed by atoms with E-state index in [0.29, 0.717) is 6.54 Å². The summed E-state index contributed by atoms with van der Waals surface area (Å²) in [5.41, 5.74) is 0. The molecule has 0 saturated heterocycles. The van der Waals surface area contributed by atoms with Crippen molar-refractivity contribution in [2.45, 2.75) is 11.2 Å². The van der Waals surface area contributed by atoms with Gasteiger partial charge in [0.05, 0.1) is 0 Å². The molecular formula is C9H14AlNO3. The summed E-state index contributed by atoms with van der Waals surface area (Å²) in [6, 6.07) is 0. The molecule has 1 aliphatic heterocycles. The van der Waals surface area contributed by atoms with E-state index >= 15 is 0 Å². The van der Waals surface area contributed by atoms with E-state index in [9.17, 15) is 4.79 Å². The van der Waals surface area contributed by atoms with Crippen LogP contribution in [0.1, 0.15) is 6.42 Å². The van der Waals surface area contributed by atoms with Gasteiger partial charge in [-0.15, -0.1) is 0 Å². The van der Waals surface area contributed by atoms with Crippen molar-refractivity contribution in [3.8, 4) is 0 Å². The third kappa shape index (κ3) is 2.43.